The van der Waals surface area contributed by atoms with Crippen LogP contribution < -0.4 is 0 Å². The minimum absolute atomic E-state index is 0.149. The average molecular weight is 260 g/mol. The van der Waals surface area contributed by atoms with Crippen LogP contribution in [0.5, 0.6) is 0 Å². The number of nitriles is 1. The second-order valence-corrected chi connectivity index (χ2v) is 5.89. The number of hydrogen-bond donors (Lipinski definition) is 0. The lowest BCUT2D eigenvalue weighted by molar-refractivity contribution is 0.587. The third-order valence-electron chi connectivity index (χ3n) is 2.74. The Hall–Kier alpha value is -2.06. The van der Waals surface area contributed by atoms with E-state index in [1.165, 1.54) is 6.20 Å². The van der Waals surface area contributed by atoms with Crippen LogP contribution >= 0.6 is 0 Å². The smallest absolute Gasteiger partial charge is 0.231 e. The van der Waals surface area contributed by atoms with Gasteiger partial charge in [-0.15, -0.1) is 0 Å². The van der Waals surface area contributed by atoms with Gasteiger partial charge < -0.3 is 0 Å². The van der Waals surface area contributed by atoms with Crippen LogP contribution in [0.3, 0.4) is 0 Å². The predicted octanol–water partition coefficient (Wildman–Crippen LogP) is 2.21. The summed E-state index contributed by atoms with van der Waals surface area (Å²) in [4.78, 5) is 0.181. The zero-order chi connectivity index (χ0) is 13.3. The Bertz CT molecular complexity index is 719. The van der Waals surface area contributed by atoms with E-state index in [1.807, 2.05) is 13.0 Å². The number of rotatable bonds is 2. The van der Waals surface area contributed by atoms with Gasteiger partial charge in [0, 0.05) is 6.20 Å². The molecule has 2 rings (SSSR count). The minimum atomic E-state index is -3.68. The van der Waals surface area contributed by atoms with Crippen LogP contribution in [0.4, 0.5) is 0 Å². The van der Waals surface area contributed by atoms with Gasteiger partial charge in [-0.05, 0) is 37.6 Å². The van der Waals surface area contributed by atoms with Gasteiger partial charge in [0.05, 0.1) is 4.90 Å². The Morgan fingerprint density at radius 2 is 1.72 bits per heavy atom. The molecule has 0 saturated carbocycles. The Kier molecular flexibility index (Phi) is 2.97. The van der Waals surface area contributed by atoms with E-state index in [1.54, 1.807) is 37.3 Å². The molecule has 0 aliphatic carbocycles. The number of hydrogen-bond acceptors (Lipinski definition) is 3. The third kappa shape index (κ3) is 1.91. The molecule has 4 nitrogen and oxygen atoms in total. The molecule has 0 aliphatic rings. The molecule has 0 fully saturated rings. The van der Waals surface area contributed by atoms with Crippen molar-refractivity contribution in [2.75, 3.05) is 0 Å². The Morgan fingerprint density at radius 1 is 1.11 bits per heavy atom. The van der Waals surface area contributed by atoms with E-state index in [4.69, 9.17) is 5.26 Å². The summed E-state index contributed by atoms with van der Waals surface area (Å²) in [6.45, 7) is 3.59. The summed E-state index contributed by atoms with van der Waals surface area (Å²) in [5.41, 5.74) is 1.78. The summed E-state index contributed by atoms with van der Waals surface area (Å²) in [6.07, 6.45) is 1.41. The predicted molar refractivity (Wildman–Crippen MR) is 67.6 cm³/mol. The molecule has 92 valence electrons. The molecule has 0 bridgehead atoms. The van der Waals surface area contributed by atoms with Gasteiger partial charge in [-0.3, -0.25) is 0 Å². The van der Waals surface area contributed by atoms with E-state index in [0.29, 0.717) is 5.56 Å². The molecule has 0 aliphatic heterocycles. The lowest BCUT2D eigenvalue weighted by Crippen LogP contribution is -2.14. The van der Waals surface area contributed by atoms with Crippen molar-refractivity contribution >= 4 is 10.0 Å². The quantitative estimate of drug-likeness (QED) is 0.831. The van der Waals surface area contributed by atoms with Crippen LogP contribution in [0.1, 0.15) is 16.8 Å². The van der Waals surface area contributed by atoms with Crippen molar-refractivity contribution in [1.82, 2.24) is 3.97 Å². The van der Waals surface area contributed by atoms with Gasteiger partial charge >= 0.3 is 0 Å². The van der Waals surface area contributed by atoms with Crippen LogP contribution in [0.25, 0.3) is 0 Å². The van der Waals surface area contributed by atoms with E-state index in [0.717, 1.165) is 9.54 Å². The SMILES string of the molecule is Cc1ccc(S(=O)(=O)n2ccc(C)c2C#N)cc1. The normalized spacial score (nSPS) is 11.2. The molecule has 0 radical (unpaired) electrons. The lowest BCUT2D eigenvalue weighted by atomic mass is 10.2. The molecule has 0 atom stereocenters. The molecular formula is C13H12N2O2S. The van der Waals surface area contributed by atoms with Crippen LogP contribution in [0.15, 0.2) is 41.4 Å². The first kappa shape index (κ1) is 12.4. The van der Waals surface area contributed by atoms with Gasteiger partial charge in [0.2, 0.25) is 0 Å². The van der Waals surface area contributed by atoms with E-state index in [9.17, 15) is 8.42 Å². The van der Waals surface area contributed by atoms with Gasteiger partial charge in [-0.25, -0.2) is 12.4 Å². The molecule has 1 aromatic heterocycles. The highest BCUT2D eigenvalue weighted by atomic mass is 32.2. The highest BCUT2D eigenvalue weighted by molar-refractivity contribution is 7.90. The van der Waals surface area contributed by atoms with E-state index in [2.05, 4.69) is 0 Å². The van der Waals surface area contributed by atoms with Crippen LogP contribution in [0.2, 0.25) is 0 Å². The van der Waals surface area contributed by atoms with Crippen molar-refractivity contribution in [2.24, 2.45) is 0 Å². The monoisotopic (exact) mass is 260 g/mol. The molecule has 0 saturated heterocycles. The summed E-state index contributed by atoms with van der Waals surface area (Å²) in [5.74, 6) is 0. The topological polar surface area (TPSA) is 62.9 Å². The van der Waals surface area contributed by atoms with Crippen molar-refractivity contribution < 1.29 is 8.42 Å². The number of nitrogens with zero attached hydrogens (tertiary/aromatic N) is 2. The standard InChI is InChI=1S/C13H12N2O2S/c1-10-3-5-12(6-4-10)18(16,17)15-8-7-11(2)13(15)9-14/h3-8H,1-2H3. The zero-order valence-electron chi connectivity index (χ0n) is 10.1. The first-order valence-corrected chi connectivity index (χ1v) is 6.81. The van der Waals surface area contributed by atoms with Crippen molar-refractivity contribution in [1.29, 1.82) is 5.26 Å². The van der Waals surface area contributed by atoms with Crippen molar-refractivity contribution in [2.45, 2.75) is 18.7 Å². The molecule has 0 amide bonds. The summed E-state index contributed by atoms with van der Waals surface area (Å²) in [7, 11) is -3.68. The van der Waals surface area contributed by atoms with Gasteiger partial charge in [-0.2, -0.15) is 5.26 Å². The van der Waals surface area contributed by atoms with Gasteiger partial charge in [0.1, 0.15) is 11.8 Å². The first-order chi connectivity index (χ1) is 8.46. The maximum Gasteiger partial charge on any atom is 0.268 e. The van der Waals surface area contributed by atoms with Gasteiger partial charge in [-0.1, -0.05) is 17.7 Å². The summed E-state index contributed by atoms with van der Waals surface area (Å²) in [6, 6.07) is 10.1. The third-order valence-corrected chi connectivity index (χ3v) is 4.43. The van der Waals surface area contributed by atoms with Crippen LogP contribution in [0, 0.1) is 25.2 Å². The number of benzene rings is 1. The summed E-state index contributed by atoms with van der Waals surface area (Å²) < 4.78 is 25.7. The number of aromatic nitrogens is 1. The highest BCUT2D eigenvalue weighted by Gasteiger charge is 2.20. The van der Waals surface area contributed by atoms with Crippen molar-refractivity contribution in [3.8, 4) is 6.07 Å². The molecule has 1 aromatic carbocycles. The van der Waals surface area contributed by atoms with Crippen molar-refractivity contribution in [3.63, 3.8) is 0 Å². The molecule has 18 heavy (non-hydrogen) atoms. The fourth-order valence-electron chi connectivity index (χ4n) is 1.67. The van der Waals surface area contributed by atoms with Crippen molar-refractivity contribution in [3.05, 3.63) is 53.3 Å². The molecule has 5 heteroatoms. The maximum absolute atomic E-state index is 12.4. The van der Waals surface area contributed by atoms with E-state index in [-0.39, 0.29) is 10.6 Å². The van der Waals surface area contributed by atoms with Crippen LogP contribution in [-0.2, 0) is 10.0 Å². The molecule has 0 N–H and O–H groups in total. The highest BCUT2D eigenvalue weighted by Crippen LogP contribution is 2.19. The largest absolute Gasteiger partial charge is 0.268 e. The maximum atomic E-state index is 12.4. The second-order valence-electron chi connectivity index (χ2n) is 4.07. The molecule has 1 heterocycles. The Morgan fingerprint density at radius 3 is 2.28 bits per heavy atom. The van der Waals surface area contributed by atoms with Gasteiger partial charge in [0.25, 0.3) is 10.0 Å². The fraction of sp³-hybridized carbons (Fsp3) is 0.154. The second kappa shape index (κ2) is 4.31. The number of aryl methyl sites for hydroxylation is 2. The summed E-state index contributed by atoms with van der Waals surface area (Å²) in [5, 5.41) is 9.01. The summed E-state index contributed by atoms with van der Waals surface area (Å²) >= 11 is 0. The average Bonchev–Trinajstić information content (AvgIpc) is 2.71. The van der Waals surface area contributed by atoms with Crippen LogP contribution in [-0.4, -0.2) is 12.4 Å². The zero-order valence-corrected chi connectivity index (χ0v) is 10.9. The Labute approximate surface area is 106 Å². The molecule has 2 aromatic rings. The minimum Gasteiger partial charge on any atom is -0.231 e. The molecular weight excluding hydrogens is 248 g/mol. The molecule has 0 unspecified atom stereocenters. The fourth-order valence-corrected chi connectivity index (χ4v) is 3.02. The van der Waals surface area contributed by atoms with E-state index >= 15 is 0 Å². The van der Waals surface area contributed by atoms with Gasteiger partial charge in [0.15, 0.2) is 0 Å². The van der Waals surface area contributed by atoms with E-state index < -0.39 is 10.0 Å². The lowest BCUT2D eigenvalue weighted by Gasteiger charge is -2.07. The first-order valence-electron chi connectivity index (χ1n) is 5.37. The molecule has 0 spiro atoms. The Balaban J connectivity index is 2.62.